The van der Waals surface area contributed by atoms with Crippen LogP contribution in [0.4, 0.5) is 8.78 Å². The van der Waals surface area contributed by atoms with Gasteiger partial charge in [0.25, 0.3) is 5.92 Å². The standard InChI is InChI=1S/C12H16F2N4O4P.Y/c1-7-10-11(16-4-15-7)18(5-17-10)8(2)12(13,14)9(3)22-6-23(19,20)21;/h5,8-9H,6H2,1-3H3,(H2,19,20,21);/q-1;/t8-,9-;/m1./s1. The van der Waals surface area contributed by atoms with E-state index >= 15 is 0 Å². The van der Waals surface area contributed by atoms with Crippen LogP contribution < -0.4 is 0 Å². The molecule has 0 unspecified atom stereocenters. The fraction of sp³-hybridized carbons (Fsp3) is 0.583. The first-order valence-electron chi connectivity index (χ1n) is 6.65. The van der Waals surface area contributed by atoms with Gasteiger partial charge in [0.2, 0.25) is 0 Å². The van der Waals surface area contributed by atoms with E-state index in [1.165, 1.54) is 13.3 Å². The van der Waals surface area contributed by atoms with E-state index in [0.717, 1.165) is 11.5 Å². The molecule has 2 aromatic rings. The van der Waals surface area contributed by atoms with Gasteiger partial charge in [-0.1, -0.05) is 6.92 Å². The SMILES string of the molecule is Cc1n[c-]nc2c1ncn2[C@H](C)C(F)(F)[C@@H](C)OCP(=O)(O)O.[Y]. The molecular weight excluding hydrogens is 422 g/mol. The van der Waals surface area contributed by atoms with E-state index in [-0.39, 0.29) is 38.4 Å². The molecule has 0 fully saturated rings. The fourth-order valence-corrected chi connectivity index (χ4v) is 2.47. The number of hydrogen-bond donors (Lipinski definition) is 2. The van der Waals surface area contributed by atoms with Crippen LogP contribution in [0, 0.1) is 13.3 Å². The molecule has 131 valence electrons. The molecule has 2 N–H and O–H groups in total. The minimum absolute atomic E-state index is 0. The Morgan fingerprint density at radius 1 is 1.42 bits per heavy atom. The van der Waals surface area contributed by atoms with Crippen molar-refractivity contribution in [1.82, 2.24) is 19.5 Å². The Morgan fingerprint density at radius 2 is 2.04 bits per heavy atom. The molecule has 2 aromatic heterocycles. The van der Waals surface area contributed by atoms with Crippen molar-refractivity contribution in [2.45, 2.75) is 38.8 Å². The molecule has 24 heavy (non-hydrogen) atoms. The molecule has 0 saturated carbocycles. The Kier molecular flexibility index (Phi) is 7.12. The van der Waals surface area contributed by atoms with Gasteiger partial charge in [0.1, 0.15) is 12.5 Å². The monoisotopic (exact) mass is 438 g/mol. The minimum atomic E-state index is -4.53. The second-order valence-electron chi connectivity index (χ2n) is 5.19. The Hall–Kier alpha value is -0.376. The van der Waals surface area contributed by atoms with Crippen LogP contribution in [0.15, 0.2) is 6.33 Å². The zero-order valence-corrected chi connectivity index (χ0v) is 17.0. The number of halogens is 2. The Bertz CT molecular complexity index is 754. The molecule has 2 atom stereocenters. The fourth-order valence-electron chi connectivity index (χ4n) is 2.05. The third-order valence-electron chi connectivity index (χ3n) is 3.49. The van der Waals surface area contributed by atoms with E-state index < -0.39 is 32.0 Å². The Morgan fingerprint density at radius 3 is 2.62 bits per heavy atom. The average Bonchev–Trinajstić information content (AvgIpc) is 2.88. The third-order valence-corrected chi connectivity index (χ3v) is 3.98. The van der Waals surface area contributed by atoms with Gasteiger partial charge in [0.05, 0.1) is 12.4 Å². The summed E-state index contributed by atoms with van der Waals surface area (Å²) in [6.07, 6.45) is 0.801. The second kappa shape index (κ2) is 7.89. The van der Waals surface area contributed by atoms with Gasteiger partial charge in [-0.2, -0.15) is 0 Å². The topological polar surface area (TPSA) is 110 Å². The smallest absolute Gasteiger partial charge is 0.350 e. The van der Waals surface area contributed by atoms with Gasteiger partial charge in [-0.3, -0.25) is 9.55 Å². The number of imidazole rings is 1. The summed E-state index contributed by atoms with van der Waals surface area (Å²) in [4.78, 5) is 29.1. The van der Waals surface area contributed by atoms with E-state index in [1.54, 1.807) is 6.92 Å². The number of fused-ring (bicyclic) bond motifs is 1. The van der Waals surface area contributed by atoms with Gasteiger partial charge < -0.3 is 29.1 Å². The van der Waals surface area contributed by atoms with Crippen molar-refractivity contribution in [1.29, 1.82) is 0 Å². The maximum absolute atomic E-state index is 14.5. The molecule has 2 rings (SSSR count). The minimum Gasteiger partial charge on any atom is -0.369 e. The van der Waals surface area contributed by atoms with Crippen LogP contribution in [-0.4, -0.2) is 47.7 Å². The van der Waals surface area contributed by atoms with Gasteiger partial charge in [0.15, 0.2) is 0 Å². The second-order valence-corrected chi connectivity index (χ2v) is 6.77. The van der Waals surface area contributed by atoms with Crippen LogP contribution in [0.1, 0.15) is 25.6 Å². The molecule has 0 aliphatic rings. The first kappa shape index (κ1) is 21.7. The maximum atomic E-state index is 14.5. The molecule has 0 aromatic carbocycles. The van der Waals surface area contributed by atoms with Crippen molar-refractivity contribution in [3.8, 4) is 0 Å². The normalized spacial score (nSPS) is 15.1. The molecule has 2 heterocycles. The van der Waals surface area contributed by atoms with Crippen molar-refractivity contribution >= 4 is 18.8 Å². The number of aryl methyl sites for hydroxylation is 1. The number of nitrogens with zero attached hydrogens (tertiary/aromatic N) is 4. The zero-order chi connectivity index (χ0) is 17.4. The van der Waals surface area contributed by atoms with E-state index in [2.05, 4.69) is 26.0 Å². The van der Waals surface area contributed by atoms with Gasteiger partial charge in [-0.15, -0.1) is 0 Å². The van der Waals surface area contributed by atoms with Crippen LogP contribution >= 0.6 is 7.60 Å². The molecule has 8 nitrogen and oxygen atoms in total. The number of aromatic nitrogens is 4. The van der Waals surface area contributed by atoms with E-state index in [4.69, 9.17) is 9.79 Å². The van der Waals surface area contributed by atoms with Crippen LogP contribution in [-0.2, 0) is 42.0 Å². The summed E-state index contributed by atoms with van der Waals surface area (Å²) in [5.74, 6) is -3.42. The van der Waals surface area contributed by atoms with Crippen LogP contribution in [0.3, 0.4) is 0 Å². The molecule has 0 saturated heterocycles. The Labute approximate surface area is 162 Å². The predicted octanol–water partition coefficient (Wildman–Crippen LogP) is 1.67. The quantitative estimate of drug-likeness (QED) is 0.522. The van der Waals surface area contributed by atoms with Crippen LogP contribution in [0.2, 0.25) is 0 Å². The van der Waals surface area contributed by atoms with E-state index in [1.807, 2.05) is 0 Å². The van der Waals surface area contributed by atoms with Crippen molar-refractivity contribution < 1.29 is 60.6 Å². The van der Waals surface area contributed by atoms with Crippen molar-refractivity contribution in [3.05, 3.63) is 18.3 Å². The average molecular weight is 438 g/mol. The Balaban J connectivity index is 0.00000288. The van der Waals surface area contributed by atoms with Gasteiger partial charge in [-0.05, 0) is 19.5 Å². The number of ether oxygens (including phenoxy) is 1. The summed E-state index contributed by atoms with van der Waals surface area (Å²) >= 11 is 0. The summed E-state index contributed by atoms with van der Waals surface area (Å²) in [6.45, 7) is 3.96. The van der Waals surface area contributed by atoms with E-state index in [9.17, 15) is 13.3 Å². The molecule has 12 heteroatoms. The first-order valence-corrected chi connectivity index (χ1v) is 8.45. The maximum Gasteiger partial charge on any atom is 0.350 e. The number of rotatable bonds is 6. The van der Waals surface area contributed by atoms with Crippen molar-refractivity contribution in [2.24, 2.45) is 0 Å². The van der Waals surface area contributed by atoms with Crippen LogP contribution in [0.5, 0.6) is 0 Å². The summed E-state index contributed by atoms with van der Waals surface area (Å²) in [5, 5.41) is 0. The van der Waals surface area contributed by atoms with Gasteiger partial charge in [-0.25, -0.2) is 8.78 Å². The van der Waals surface area contributed by atoms with E-state index in [0.29, 0.717) is 11.2 Å². The first-order chi connectivity index (χ1) is 10.5. The number of hydrogen-bond acceptors (Lipinski definition) is 5. The van der Waals surface area contributed by atoms with Gasteiger partial charge >= 0.3 is 7.60 Å². The van der Waals surface area contributed by atoms with Crippen LogP contribution in [0.25, 0.3) is 11.2 Å². The summed E-state index contributed by atoms with van der Waals surface area (Å²) in [7, 11) is -4.53. The van der Waals surface area contributed by atoms with Crippen molar-refractivity contribution in [3.63, 3.8) is 0 Å². The molecule has 0 bridgehead atoms. The largest absolute Gasteiger partial charge is 0.369 e. The zero-order valence-electron chi connectivity index (χ0n) is 13.2. The third kappa shape index (κ3) is 4.62. The predicted molar refractivity (Wildman–Crippen MR) is 76.0 cm³/mol. The molecular formula is C12H16F2N4O4PY-. The summed E-state index contributed by atoms with van der Waals surface area (Å²) < 4.78 is 45.6. The molecule has 0 spiro atoms. The summed E-state index contributed by atoms with van der Waals surface area (Å²) in [5.41, 5.74) is 1.09. The summed E-state index contributed by atoms with van der Waals surface area (Å²) in [6, 6.07) is -1.40. The van der Waals surface area contributed by atoms with Crippen molar-refractivity contribution in [2.75, 3.05) is 6.35 Å². The molecule has 0 aliphatic heterocycles. The molecule has 1 radical (unpaired) electrons. The molecule has 0 aliphatic carbocycles. The van der Waals surface area contributed by atoms with Gasteiger partial charge in [0, 0.05) is 50.2 Å². The number of alkyl halides is 2. The molecule has 0 amide bonds.